The van der Waals surface area contributed by atoms with Gasteiger partial charge in [-0.3, -0.25) is 4.79 Å². The number of carbonyl (C=O) groups is 1. The fraction of sp³-hybridized carbons (Fsp3) is 0.409. The van der Waals surface area contributed by atoms with Crippen molar-refractivity contribution in [3.8, 4) is 17.3 Å². The van der Waals surface area contributed by atoms with Gasteiger partial charge in [-0.1, -0.05) is 23.7 Å². The standard InChI is InChI=1S/C22H24ClN5O3/c1-24-21(29)14-10-16(11-14)31-22-25-18-12-17(23)19(26-20(18)27-22)13-2-4-15(5-3-13)28-6-8-30-9-7-28/h2-5,12,14,16H,6-11H2,1H3,(H,24,29)(H,25,26,27)/t14-,16+. The van der Waals surface area contributed by atoms with Crippen LogP contribution in [-0.4, -0.2) is 60.3 Å². The van der Waals surface area contributed by atoms with Gasteiger partial charge >= 0.3 is 0 Å². The number of amides is 1. The summed E-state index contributed by atoms with van der Waals surface area (Å²) >= 11 is 6.53. The first-order chi connectivity index (χ1) is 15.1. The van der Waals surface area contributed by atoms with E-state index < -0.39 is 0 Å². The van der Waals surface area contributed by atoms with Crippen LogP contribution in [0, 0.1) is 5.92 Å². The summed E-state index contributed by atoms with van der Waals surface area (Å²) in [6.45, 7) is 3.29. The van der Waals surface area contributed by atoms with Gasteiger partial charge in [-0.15, -0.1) is 0 Å². The lowest BCUT2D eigenvalue weighted by molar-refractivity contribution is -0.130. The maximum atomic E-state index is 11.6. The third-order valence-corrected chi connectivity index (χ3v) is 6.20. The topological polar surface area (TPSA) is 92.4 Å². The number of fused-ring (bicyclic) bond motifs is 1. The van der Waals surface area contributed by atoms with Crippen LogP contribution >= 0.6 is 11.6 Å². The summed E-state index contributed by atoms with van der Waals surface area (Å²) < 4.78 is 11.3. The largest absolute Gasteiger partial charge is 0.461 e. The molecule has 1 saturated heterocycles. The van der Waals surface area contributed by atoms with Crippen molar-refractivity contribution in [3.63, 3.8) is 0 Å². The van der Waals surface area contributed by atoms with Crippen molar-refractivity contribution in [2.75, 3.05) is 38.3 Å². The van der Waals surface area contributed by atoms with E-state index in [0.717, 1.165) is 43.1 Å². The van der Waals surface area contributed by atoms with E-state index in [0.29, 0.717) is 35.2 Å². The average molecular weight is 442 g/mol. The number of H-pyrrole nitrogens is 1. The van der Waals surface area contributed by atoms with Crippen LogP contribution in [0.15, 0.2) is 30.3 Å². The maximum Gasteiger partial charge on any atom is 0.296 e. The van der Waals surface area contributed by atoms with E-state index in [-0.39, 0.29) is 17.9 Å². The lowest BCUT2D eigenvalue weighted by Gasteiger charge is -2.32. The number of carbonyl (C=O) groups excluding carboxylic acids is 1. The number of hydrogen-bond donors (Lipinski definition) is 2. The van der Waals surface area contributed by atoms with Crippen molar-refractivity contribution in [1.29, 1.82) is 0 Å². The molecule has 0 unspecified atom stereocenters. The molecule has 3 aromatic rings. The number of aromatic amines is 1. The van der Waals surface area contributed by atoms with E-state index in [1.807, 2.05) is 18.2 Å². The second-order valence-corrected chi connectivity index (χ2v) is 8.31. The highest BCUT2D eigenvalue weighted by atomic mass is 35.5. The normalized spacial score (nSPS) is 21.0. The summed E-state index contributed by atoms with van der Waals surface area (Å²) in [5, 5.41) is 3.22. The Hall–Kier alpha value is -2.84. The van der Waals surface area contributed by atoms with E-state index >= 15 is 0 Å². The number of ether oxygens (including phenoxy) is 2. The zero-order valence-corrected chi connectivity index (χ0v) is 18.0. The van der Waals surface area contributed by atoms with Crippen molar-refractivity contribution in [1.82, 2.24) is 20.3 Å². The average Bonchev–Trinajstić information content (AvgIpc) is 3.17. The minimum Gasteiger partial charge on any atom is -0.461 e. The molecule has 2 N–H and O–H groups in total. The smallest absolute Gasteiger partial charge is 0.296 e. The Morgan fingerprint density at radius 1 is 1.23 bits per heavy atom. The highest BCUT2D eigenvalue weighted by Gasteiger charge is 2.36. The fourth-order valence-corrected chi connectivity index (χ4v) is 4.30. The number of rotatable bonds is 5. The van der Waals surface area contributed by atoms with Crippen LogP contribution in [0.5, 0.6) is 6.01 Å². The lowest BCUT2D eigenvalue weighted by Crippen LogP contribution is -2.42. The van der Waals surface area contributed by atoms with E-state index in [2.05, 4.69) is 37.3 Å². The molecule has 3 heterocycles. The van der Waals surface area contributed by atoms with Crippen LogP contribution in [0.3, 0.4) is 0 Å². The third-order valence-electron chi connectivity index (χ3n) is 5.91. The number of nitrogens with one attached hydrogen (secondary N) is 2. The van der Waals surface area contributed by atoms with E-state index in [9.17, 15) is 4.79 Å². The van der Waals surface area contributed by atoms with Gasteiger partial charge < -0.3 is 24.7 Å². The molecule has 162 valence electrons. The van der Waals surface area contributed by atoms with Gasteiger partial charge in [0.05, 0.1) is 29.4 Å². The molecule has 2 aliphatic rings. The van der Waals surface area contributed by atoms with Crippen molar-refractivity contribution < 1.29 is 14.3 Å². The first-order valence-electron chi connectivity index (χ1n) is 10.5. The second-order valence-electron chi connectivity index (χ2n) is 7.90. The second kappa shape index (κ2) is 8.36. The Balaban J connectivity index is 1.32. The lowest BCUT2D eigenvalue weighted by atomic mass is 9.81. The molecule has 0 atom stereocenters. The van der Waals surface area contributed by atoms with Gasteiger partial charge in [0.1, 0.15) is 6.10 Å². The summed E-state index contributed by atoms with van der Waals surface area (Å²) in [7, 11) is 1.65. The van der Waals surface area contributed by atoms with Crippen molar-refractivity contribution in [2.45, 2.75) is 18.9 Å². The number of imidazole rings is 1. The molecule has 1 aromatic carbocycles. The zero-order chi connectivity index (χ0) is 21.4. The highest BCUT2D eigenvalue weighted by molar-refractivity contribution is 6.33. The first-order valence-corrected chi connectivity index (χ1v) is 10.9. The maximum absolute atomic E-state index is 11.6. The molecule has 1 aliphatic carbocycles. The molecular formula is C22H24ClN5O3. The summed E-state index contributed by atoms with van der Waals surface area (Å²) in [6, 6.07) is 10.5. The van der Waals surface area contributed by atoms with Gasteiger partial charge in [-0.05, 0) is 31.0 Å². The molecule has 0 radical (unpaired) electrons. The van der Waals surface area contributed by atoms with E-state index in [4.69, 9.17) is 21.1 Å². The quantitative estimate of drug-likeness (QED) is 0.632. The highest BCUT2D eigenvalue weighted by Crippen LogP contribution is 2.33. The molecule has 0 spiro atoms. The number of anilines is 1. The molecule has 8 nitrogen and oxygen atoms in total. The Morgan fingerprint density at radius 3 is 2.68 bits per heavy atom. The molecule has 1 aliphatic heterocycles. The van der Waals surface area contributed by atoms with Crippen LogP contribution in [0.4, 0.5) is 5.69 Å². The monoisotopic (exact) mass is 441 g/mol. The first kappa shape index (κ1) is 20.1. The number of pyridine rings is 1. The van der Waals surface area contributed by atoms with Gasteiger partial charge in [-0.2, -0.15) is 4.98 Å². The Bertz CT molecular complexity index is 1090. The van der Waals surface area contributed by atoms with Crippen LogP contribution in [0.25, 0.3) is 22.4 Å². The molecule has 1 saturated carbocycles. The number of nitrogens with zero attached hydrogens (tertiary/aromatic N) is 3. The number of hydrogen-bond acceptors (Lipinski definition) is 6. The minimum absolute atomic E-state index is 0.0129. The van der Waals surface area contributed by atoms with Crippen molar-refractivity contribution in [3.05, 3.63) is 35.4 Å². The van der Waals surface area contributed by atoms with E-state index in [1.54, 1.807) is 7.05 Å². The Labute approximate surface area is 184 Å². The van der Waals surface area contributed by atoms with Gasteiger partial charge in [0.2, 0.25) is 5.91 Å². The van der Waals surface area contributed by atoms with Crippen LogP contribution in [0.2, 0.25) is 5.02 Å². The predicted molar refractivity (Wildman–Crippen MR) is 119 cm³/mol. The zero-order valence-electron chi connectivity index (χ0n) is 17.2. The van der Waals surface area contributed by atoms with Crippen LogP contribution in [-0.2, 0) is 9.53 Å². The molecule has 5 rings (SSSR count). The molecule has 2 fully saturated rings. The van der Waals surface area contributed by atoms with Gasteiger partial charge in [0, 0.05) is 37.3 Å². The van der Waals surface area contributed by atoms with Gasteiger partial charge in [0.15, 0.2) is 5.65 Å². The van der Waals surface area contributed by atoms with Gasteiger partial charge in [-0.25, -0.2) is 4.98 Å². The number of aromatic nitrogens is 3. The van der Waals surface area contributed by atoms with Gasteiger partial charge in [0.25, 0.3) is 6.01 Å². The summed E-state index contributed by atoms with van der Waals surface area (Å²) in [4.78, 5) is 26.2. The summed E-state index contributed by atoms with van der Waals surface area (Å²) in [6.07, 6.45) is 1.35. The van der Waals surface area contributed by atoms with Crippen LogP contribution < -0.4 is 15.0 Å². The van der Waals surface area contributed by atoms with E-state index in [1.165, 1.54) is 0 Å². The Kier molecular flexibility index (Phi) is 5.41. The molecule has 2 aromatic heterocycles. The molecule has 0 bridgehead atoms. The SMILES string of the molecule is CNC(=O)[C@H]1C[C@@H](Oc2nc3nc(-c4ccc(N5CCOCC5)cc4)c(Cl)cc3[nH]2)C1. The summed E-state index contributed by atoms with van der Waals surface area (Å²) in [5.74, 6) is 0.0705. The molecule has 31 heavy (non-hydrogen) atoms. The predicted octanol–water partition coefficient (Wildman–Crippen LogP) is 3.02. The van der Waals surface area contributed by atoms with Crippen LogP contribution in [0.1, 0.15) is 12.8 Å². The minimum atomic E-state index is -0.0227. The Morgan fingerprint density at radius 2 is 1.97 bits per heavy atom. The third kappa shape index (κ3) is 4.05. The van der Waals surface area contributed by atoms with Crippen molar-refractivity contribution in [2.24, 2.45) is 5.92 Å². The number of benzene rings is 1. The number of morpholine rings is 1. The van der Waals surface area contributed by atoms with Crippen molar-refractivity contribution >= 4 is 34.4 Å². The molecule has 1 amide bonds. The summed E-state index contributed by atoms with van der Waals surface area (Å²) in [5.41, 5.74) is 4.05. The number of halogens is 1. The molecular weight excluding hydrogens is 418 g/mol. The molecule has 9 heteroatoms. The fourth-order valence-electron chi connectivity index (χ4n) is 4.04.